The number of anilines is 3. The van der Waals surface area contributed by atoms with E-state index in [0.29, 0.717) is 47.1 Å². The van der Waals surface area contributed by atoms with Crippen LogP contribution in [-0.2, 0) is 9.47 Å². The molecule has 0 atom stereocenters. The summed E-state index contributed by atoms with van der Waals surface area (Å²) in [6.45, 7) is 13.9. The van der Waals surface area contributed by atoms with Gasteiger partial charge in [-0.25, -0.2) is 9.97 Å². The summed E-state index contributed by atoms with van der Waals surface area (Å²) >= 11 is 6.57. The number of nitrogens with zero attached hydrogens (tertiary/aromatic N) is 8. The van der Waals surface area contributed by atoms with Gasteiger partial charge in [-0.3, -0.25) is 9.80 Å². The highest BCUT2D eigenvalue weighted by Gasteiger charge is 2.20. The van der Waals surface area contributed by atoms with E-state index < -0.39 is 0 Å². The van der Waals surface area contributed by atoms with Gasteiger partial charge in [0.25, 0.3) is 0 Å². The first kappa shape index (κ1) is 25.6. The van der Waals surface area contributed by atoms with E-state index in [1.54, 1.807) is 0 Å². The minimum atomic E-state index is 0.333. The molecule has 3 aliphatic rings. The first-order chi connectivity index (χ1) is 17.7. The monoisotopic (exact) mass is 520 g/mol. The summed E-state index contributed by atoms with van der Waals surface area (Å²) in [5, 5.41) is 7.17. The van der Waals surface area contributed by atoms with Crippen LogP contribution in [0.3, 0.4) is 0 Å². The van der Waals surface area contributed by atoms with E-state index in [4.69, 9.17) is 36.0 Å². The molecular weight excluding hydrogens is 484 g/mol. The largest absolute Gasteiger partial charge is 0.379 e. The SMILES string of the molecule is CN1CCN(CCNc2nc3nc(N4CCOCC4)nc(NCCN4CCOCC4)c3nc2Cl)CC1. The predicted molar refractivity (Wildman–Crippen MR) is 141 cm³/mol. The molecule has 0 unspecified atom stereocenters. The van der Waals surface area contributed by atoms with Crippen LogP contribution >= 0.6 is 11.6 Å². The molecule has 3 fully saturated rings. The molecule has 2 aromatic heterocycles. The van der Waals surface area contributed by atoms with Crippen LogP contribution in [0.4, 0.5) is 17.6 Å². The van der Waals surface area contributed by atoms with Crippen LogP contribution < -0.4 is 15.5 Å². The number of likely N-dealkylation sites (N-methyl/N-ethyl adjacent to an activating group) is 1. The van der Waals surface area contributed by atoms with Crippen molar-refractivity contribution in [3.8, 4) is 0 Å². The fourth-order valence-corrected chi connectivity index (χ4v) is 4.81. The average Bonchev–Trinajstić information content (AvgIpc) is 2.91. The molecule has 0 aromatic carbocycles. The number of hydrogen-bond acceptors (Lipinski definition) is 12. The molecule has 5 rings (SSSR count). The Morgan fingerprint density at radius 2 is 1.33 bits per heavy atom. The van der Waals surface area contributed by atoms with Crippen LogP contribution in [0.15, 0.2) is 0 Å². The molecular formula is C23H37ClN10O2. The van der Waals surface area contributed by atoms with Crippen molar-refractivity contribution in [1.82, 2.24) is 34.6 Å². The maximum absolute atomic E-state index is 6.57. The first-order valence-electron chi connectivity index (χ1n) is 12.9. The summed E-state index contributed by atoms with van der Waals surface area (Å²) < 4.78 is 11.0. The minimum Gasteiger partial charge on any atom is -0.379 e. The van der Waals surface area contributed by atoms with E-state index in [1.165, 1.54) is 0 Å². The smallest absolute Gasteiger partial charge is 0.229 e. The van der Waals surface area contributed by atoms with Crippen LogP contribution in [0.2, 0.25) is 5.15 Å². The Hall–Kier alpha value is -2.09. The number of piperazine rings is 1. The van der Waals surface area contributed by atoms with E-state index in [9.17, 15) is 0 Å². The lowest BCUT2D eigenvalue weighted by molar-refractivity contribution is 0.0398. The fraction of sp³-hybridized carbons (Fsp3) is 0.739. The molecule has 2 N–H and O–H groups in total. The third-order valence-electron chi connectivity index (χ3n) is 6.91. The van der Waals surface area contributed by atoms with Gasteiger partial charge in [0.2, 0.25) is 5.95 Å². The summed E-state index contributed by atoms with van der Waals surface area (Å²) in [5.41, 5.74) is 1.12. The Labute approximate surface area is 217 Å². The summed E-state index contributed by atoms with van der Waals surface area (Å²) in [5.74, 6) is 1.86. The van der Waals surface area contributed by atoms with Crippen molar-refractivity contribution in [1.29, 1.82) is 0 Å². The van der Waals surface area contributed by atoms with E-state index >= 15 is 0 Å². The second kappa shape index (κ2) is 12.4. The number of hydrogen-bond donors (Lipinski definition) is 2. The summed E-state index contributed by atoms with van der Waals surface area (Å²) in [4.78, 5) is 28.3. The Balaban J connectivity index is 1.31. The van der Waals surface area contributed by atoms with Gasteiger partial charge in [-0.05, 0) is 7.05 Å². The third-order valence-corrected chi connectivity index (χ3v) is 7.17. The van der Waals surface area contributed by atoms with Crippen molar-refractivity contribution in [3.05, 3.63) is 5.15 Å². The van der Waals surface area contributed by atoms with E-state index in [1.807, 2.05) is 0 Å². The maximum atomic E-state index is 6.57. The number of morpholine rings is 2. The second-order valence-corrected chi connectivity index (χ2v) is 9.82. The van der Waals surface area contributed by atoms with Gasteiger partial charge < -0.3 is 29.9 Å². The minimum absolute atomic E-state index is 0.333. The second-order valence-electron chi connectivity index (χ2n) is 9.46. The van der Waals surface area contributed by atoms with Crippen molar-refractivity contribution < 1.29 is 9.47 Å². The van der Waals surface area contributed by atoms with Gasteiger partial charge in [-0.1, -0.05) is 11.6 Å². The summed E-state index contributed by atoms with van der Waals surface area (Å²) in [6.07, 6.45) is 0. The lowest BCUT2D eigenvalue weighted by Crippen LogP contribution is -2.45. The average molecular weight is 521 g/mol. The van der Waals surface area contributed by atoms with E-state index in [2.05, 4.69) is 42.3 Å². The fourth-order valence-electron chi connectivity index (χ4n) is 4.62. The normalized spacial score (nSPS) is 20.7. The number of nitrogens with one attached hydrogen (secondary N) is 2. The molecule has 0 amide bonds. The van der Waals surface area contributed by atoms with Gasteiger partial charge in [-0.2, -0.15) is 9.97 Å². The van der Waals surface area contributed by atoms with Gasteiger partial charge in [0.1, 0.15) is 0 Å². The highest BCUT2D eigenvalue weighted by Crippen LogP contribution is 2.26. The zero-order valence-corrected chi connectivity index (χ0v) is 21.8. The zero-order valence-electron chi connectivity index (χ0n) is 21.1. The van der Waals surface area contributed by atoms with Crippen molar-refractivity contribution in [3.63, 3.8) is 0 Å². The van der Waals surface area contributed by atoms with Crippen molar-refractivity contribution in [2.24, 2.45) is 0 Å². The quantitative estimate of drug-likeness (QED) is 0.475. The number of fused-ring (bicyclic) bond motifs is 1. The Bertz CT molecular complexity index is 995. The molecule has 0 bridgehead atoms. The van der Waals surface area contributed by atoms with Gasteiger partial charge in [-0.15, -0.1) is 0 Å². The molecule has 12 nitrogen and oxygen atoms in total. The molecule has 0 radical (unpaired) electrons. The Kier molecular flexibility index (Phi) is 8.83. The molecule has 198 valence electrons. The van der Waals surface area contributed by atoms with E-state index in [0.717, 1.165) is 91.8 Å². The molecule has 0 saturated carbocycles. The van der Waals surface area contributed by atoms with Crippen molar-refractivity contribution in [2.75, 3.05) is 128 Å². The van der Waals surface area contributed by atoms with Gasteiger partial charge in [0.15, 0.2) is 28.0 Å². The lowest BCUT2D eigenvalue weighted by atomic mass is 10.3. The van der Waals surface area contributed by atoms with Crippen LogP contribution in [0.5, 0.6) is 0 Å². The summed E-state index contributed by atoms with van der Waals surface area (Å²) in [6, 6.07) is 0. The highest BCUT2D eigenvalue weighted by atomic mass is 35.5. The topological polar surface area (TPSA) is 107 Å². The van der Waals surface area contributed by atoms with Crippen LogP contribution in [0, 0.1) is 0 Å². The molecule has 5 heterocycles. The number of ether oxygens (including phenoxy) is 2. The van der Waals surface area contributed by atoms with E-state index in [-0.39, 0.29) is 0 Å². The third kappa shape index (κ3) is 6.61. The Morgan fingerprint density at radius 1 is 0.722 bits per heavy atom. The lowest BCUT2D eigenvalue weighted by Gasteiger charge is -2.32. The molecule has 2 aromatic rings. The van der Waals surface area contributed by atoms with Gasteiger partial charge in [0.05, 0.1) is 26.4 Å². The molecule has 3 aliphatic heterocycles. The first-order valence-corrected chi connectivity index (χ1v) is 13.3. The Morgan fingerprint density at radius 3 is 2.03 bits per heavy atom. The standard InChI is InChI=1S/C23H37ClN10O2/c1-31-6-8-32(9-7-31)4-3-26-22-19(24)27-18-20(25-2-5-33-10-14-35-15-11-33)29-23(30-21(18)28-22)34-12-16-36-17-13-34/h2-17H2,1H3,(H2,25,26,28,29,30). The number of aromatic nitrogens is 4. The molecule has 0 spiro atoms. The van der Waals surface area contributed by atoms with Crippen molar-refractivity contribution >= 4 is 40.3 Å². The van der Waals surface area contributed by atoms with Gasteiger partial charge >= 0.3 is 0 Å². The van der Waals surface area contributed by atoms with Crippen LogP contribution in [0.1, 0.15) is 0 Å². The molecule has 0 aliphatic carbocycles. The summed E-state index contributed by atoms with van der Waals surface area (Å²) in [7, 11) is 2.17. The molecule has 3 saturated heterocycles. The number of rotatable bonds is 9. The van der Waals surface area contributed by atoms with Gasteiger partial charge in [0, 0.05) is 78.5 Å². The molecule has 13 heteroatoms. The maximum Gasteiger partial charge on any atom is 0.229 e. The predicted octanol–water partition coefficient (Wildman–Crippen LogP) is 0.313. The van der Waals surface area contributed by atoms with Crippen LogP contribution in [-0.4, -0.2) is 147 Å². The van der Waals surface area contributed by atoms with Crippen molar-refractivity contribution in [2.45, 2.75) is 0 Å². The zero-order chi connectivity index (χ0) is 24.7. The van der Waals surface area contributed by atoms with Crippen LogP contribution in [0.25, 0.3) is 11.2 Å². The molecule has 36 heavy (non-hydrogen) atoms. The number of halogens is 1. The highest BCUT2D eigenvalue weighted by molar-refractivity contribution is 6.32.